The van der Waals surface area contributed by atoms with Gasteiger partial charge in [-0.25, -0.2) is 9.59 Å². The zero-order valence-electron chi connectivity index (χ0n) is 8.57. The summed E-state index contributed by atoms with van der Waals surface area (Å²) in [5.41, 5.74) is -0.611. The first-order chi connectivity index (χ1) is 6.15. The van der Waals surface area contributed by atoms with Crippen LogP contribution in [0.5, 0.6) is 0 Å². The number of carbonyl (C=O) groups is 2. The fourth-order valence-corrected chi connectivity index (χ4v) is 0.820. The van der Waals surface area contributed by atoms with Crippen molar-refractivity contribution < 1.29 is 19.4 Å². The molecule has 0 bridgehead atoms. The minimum Gasteiger partial charge on any atom is -0.479 e. The van der Waals surface area contributed by atoms with Gasteiger partial charge in [0.05, 0.1) is 0 Å². The van der Waals surface area contributed by atoms with Gasteiger partial charge in [0.2, 0.25) is 0 Å². The smallest absolute Gasteiger partial charge is 0.411 e. The fourth-order valence-electron chi connectivity index (χ4n) is 0.592. The standard InChI is InChI=1S/C8H14INO4/c1-8(2,3)14-7(13)10(4)5(9)6(11)12/h5H,1-4H3,(H,11,12)/t5-/m1/s1. The average molecular weight is 315 g/mol. The Balaban J connectivity index is 4.33. The largest absolute Gasteiger partial charge is 0.479 e. The second-order valence-corrected chi connectivity index (χ2v) is 4.95. The highest BCUT2D eigenvalue weighted by Crippen LogP contribution is 2.13. The van der Waals surface area contributed by atoms with Gasteiger partial charge in [-0.3, -0.25) is 4.90 Å². The third-order valence-corrected chi connectivity index (χ3v) is 2.59. The number of alkyl halides is 1. The molecule has 0 spiro atoms. The molecule has 0 heterocycles. The minimum absolute atomic E-state index is 0.611. The molecule has 0 aliphatic heterocycles. The Morgan fingerprint density at radius 3 is 2.14 bits per heavy atom. The molecule has 1 N–H and O–H groups in total. The van der Waals surface area contributed by atoms with Crippen molar-refractivity contribution in [3.8, 4) is 0 Å². The maximum absolute atomic E-state index is 11.3. The molecule has 0 aliphatic rings. The lowest BCUT2D eigenvalue weighted by molar-refractivity contribution is -0.138. The highest BCUT2D eigenvalue weighted by molar-refractivity contribution is 14.1. The Morgan fingerprint density at radius 2 is 1.86 bits per heavy atom. The minimum atomic E-state index is -1.07. The van der Waals surface area contributed by atoms with Crippen molar-refractivity contribution in [2.45, 2.75) is 30.4 Å². The van der Waals surface area contributed by atoms with E-state index in [0.717, 1.165) is 4.90 Å². The van der Waals surface area contributed by atoms with E-state index in [1.807, 2.05) is 0 Å². The van der Waals surface area contributed by atoms with Crippen molar-refractivity contribution >= 4 is 34.7 Å². The Kier molecular flexibility index (Phi) is 4.63. The SMILES string of the molecule is CN(C(=O)OC(C)(C)C)[C@@H](I)C(=O)O. The Hall–Kier alpha value is -0.530. The van der Waals surface area contributed by atoms with Crippen LogP contribution in [0.3, 0.4) is 0 Å². The number of ether oxygens (including phenoxy) is 1. The number of hydrogen-bond donors (Lipinski definition) is 1. The molecule has 0 fully saturated rings. The van der Waals surface area contributed by atoms with Crippen LogP contribution in [-0.2, 0) is 9.53 Å². The normalized spacial score (nSPS) is 13.2. The topological polar surface area (TPSA) is 66.8 Å². The zero-order valence-corrected chi connectivity index (χ0v) is 10.7. The molecule has 0 unspecified atom stereocenters. The van der Waals surface area contributed by atoms with Crippen LogP contribution in [0.25, 0.3) is 0 Å². The van der Waals surface area contributed by atoms with Gasteiger partial charge in [0.1, 0.15) is 5.60 Å². The maximum Gasteiger partial charge on any atom is 0.411 e. The van der Waals surface area contributed by atoms with Crippen LogP contribution in [0.15, 0.2) is 0 Å². The summed E-state index contributed by atoms with van der Waals surface area (Å²) in [6, 6.07) is 0. The van der Waals surface area contributed by atoms with Gasteiger partial charge < -0.3 is 9.84 Å². The number of hydrogen-bond acceptors (Lipinski definition) is 3. The van der Waals surface area contributed by atoms with Crippen molar-refractivity contribution in [2.24, 2.45) is 0 Å². The maximum atomic E-state index is 11.3. The summed E-state index contributed by atoms with van der Waals surface area (Å²) >= 11 is 1.65. The monoisotopic (exact) mass is 315 g/mol. The van der Waals surface area contributed by atoms with E-state index >= 15 is 0 Å². The van der Waals surface area contributed by atoms with Crippen LogP contribution in [0, 0.1) is 0 Å². The number of carboxylic acids is 1. The first-order valence-electron chi connectivity index (χ1n) is 3.98. The van der Waals surface area contributed by atoms with Crippen molar-refractivity contribution in [3.05, 3.63) is 0 Å². The van der Waals surface area contributed by atoms with E-state index in [-0.39, 0.29) is 0 Å². The molecule has 14 heavy (non-hydrogen) atoms. The molecule has 0 saturated heterocycles. The van der Waals surface area contributed by atoms with E-state index in [2.05, 4.69) is 0 Å². The molecule has 82 valence electrons. The molecule has 1 amide bonds. The Bertz CT molecular complexity index is 236. The van der Waals surface area contributed by atoms with Crippen LogP contribution in [0.4, 0.5) is 4.79 Å². The van der Waals surface area contributed by atoms with Crippen LogP contribution >= 0.6 is 22.6 Å². The van der Waals surface area contributed by atoms with E-state index < -0.39 is 21.7 Å². The van der Waals surface area contributed by atoms with E-state index in [1.54, 1.807) is 43.4 Å². The van der Waals surface area contributed by atoms with Crippen molar-refractivity contribution in [1.29, 1.82) is 0 Å². The van der Waals surface area contributed by atoms with Gasteiger partial charge in [-0.1, -0.05) is 0 Å². The lowest BCUT2D eigenvalue weighted by Crippen LogP contribution is -2.41. The van der Waals surface area contributed by atoms with E-state index in [9.17, 15) is 9.59 Å². The highest BCUT2D eigenvalue weighted by Gasteiger charge is 2.27. The molecule has 6 heteroatoms. The molecule has 0 saturated carbocycles. The first-order valence-corrected chi connectivity index (χ1v) is 5.22. The van der Waals surface area contributed by atoms with Gasteiger partial charge in [0.15, 0.2) is 4.05 Å². The summed E-state index contributed by atoms with van der Waals surface area (Å²) < 4.78 is 4.08. The number of carbonyl (C=O) groups excluding carboxylic acids is 1. The Morgan fingerprint density at radius 1 is 1.43 bits per heavy atom. The summed E-state index contributed by atoms with van der Waals surface area (Å²) in [4.78, 5) is 22.9. The molecule has 5 nitrogen and oxygen atoms in total. The van der Waals surface area contributed by atoms with Crippen LogP contribution in [0.1, 0.15) is 20.8 Å². The molecular weight excluding hydrogens is 301 g/mol. The Labute approximate surface area is 96.5 Å². The quantitative estimate of drug-likeness (QED) is 0.478. The second-order valence-electron chi connectivity index (χ2n) is 3.77. The summed E-state index contributed by atoms with van der Waals surface area (Å²) in [6.07, 6.45) is -0.640. The van der Waals surface area contributed by atoms with Crippen LogP contribution in [0.2, 0.25) is 0 Å². The number of amides is 1. The number of nitrogens with zero attached hydrogens (tertiary/aromatic N) is 1. The van der Waals surface area contributed by atoms with Gasteiger partial charge in [-0.05, 0) is 43.4 Å². The number of aliphatic carboxylic acids is 1. The summed E-state index contributed by atoms with van der Waals surface area (Å²) in [5.74, 6) is -1.07. The fraction of sp³-hybridized carbons (Fsp3) is 0.750. The number of rotatable bonds is 2. The molecule has 1 atom stereocenters. The zero-order chi connectivity index (χ0) is 11.5. The lowest BCUT2D eigenvalue weighted by Gasteiger charge is -2.25. The highest BCUT2D eigenvalue weighted by atomic mass is 127. The van der Waals surface area contributed by atoms with E-state index in [0.29, 0.717) is 0 Å². The van der Waals surface area contributed by atoms with Gasteiger partial charge >= 0.3 is 12.1 Å². The predicted molar refractivity (Wildman–Crippen MR) is 59.4 cm³/mol. The average Bonchev–Trinajstić information content (AvgIpc) is 1.98. The molecule has 0 aromatic rings. The molecule has 0 aliphatic carbocycles. The number of carboxylic acid groups (broad SMARTS) is 1. The van der Waals surface area contributed by atoms with Gasteiger partial charge in [-0.2, -0.15) is 0 Å². The predicted octanol–water partition coefficient (Wildman–Crippen LogP) is 1.70. The summed E-state index contributed by atoms with van der Waals surface area (Å²) in [5, 5.41) is 8.64. The molecular formula is C8H14INO4. The molecule has 0 aromatic heterocycles. The second kappa shape index (κ2) is 4.81. The van der Waals surface area contributed by atoms with E-state index in [1.165, 1.54) is 7.05 Å². The number of likely N-dealkylation sites (N-methyl/N-ethyl adjacent to an activating group) is 1. The third-order valence-electron chi connectivity index (χ3n) is 1.23. The summed E-state index contributed by atoms with van der Waals surface area (Å²) in [7, 11) is 1.39. The van der Waals surface area contributed by atoms with Crippen molar-refractivity contribution in [3.63, 3.8) is 0 Å². The van der Waals surface area contributed by atoms with E-state index in [4.69, 9.17) is 9.84 Å². The first kappa shape index (κ1) is 13.5. The number of halogens is 1. The van der Waals surface area contributed by atoms with Crippen molar-refractivity contribution in [2.75, 3.05) is 7.05 Å². The van der Waals surface area contributed by atoms with Gasteiger partial charge in [-0.15, -0.1) is 0 Å². The van der Waals surface area contributed by atoms with Gasteiger partial charge in [0.25, 0.3) is 0 Å². The lowest BCUT2D eigenvalue weighted by atomic mass is 10.2. The van der Waals surface area contributed by atoms with Crippen molar-refractivity contribution in [1.82, 2.24) is 4.90 Å². The summed E-state index contributed by atoms with van der Waals surface area (Å²) in [6.45, 7) is 5.17. The third kappa shape index (κ3) is 4.64. The molecule has 0 aromatic carbocycles. The van der Waals surface area contributed by atoms with Gasteiger partial charge in [0, 0.05) is 7.05 Å². The molecule has 0 radical (unpaired) electrons. The van der Waals surface area contributed by atoms with Crippen LogP contribution < -0.4 is 0 Å². The molecule has 0 rings (SSSR count). The van der Waals surface area contributed by atoms with Crippen LogP contribution in [-0.4, -0.2) is 38.8 Å².